The summed E-state index contributed by atoms with van der Waals surface area (Å²) in [7, 11) is 0. The lowest BCUT2D eigenvalue weighted by atomic mass is 9.99. The number of rotatable bonds is 3. The molecule has 2 aliphatic heterocycles. The van der Waals surface area contributed by atoms with E-state index in [0.29, 0.717) is 29.4 Å². The van der Waals surface area contributed by atoms with E-state index in [-0.39, 0.29) is 24.4 Å². The number of nitriles is 1. The number of carbonyl (C=O) groups excluding carboxylic acids is 1. The van der Waals surface area contributed by atoms with Gasteiger partial charge in [0.25, 0.3) is 5.91 Å². The van der Waals surface area contributed by atoms with Crippen molar-refractivity contribution in [2.75, 3.05) is 13.3 Å². The molecule has 29 heavy (non-hydrogen) atoms. The van der Waals surface area contributed by atoms with E-state index in [2.05, 4.69) is 11.2 Å². The molecule has 3 heterocycles. The van der Waals surface area contributed by atoms with E-state index < -0.39 is 0 Å². The van der Waals surface area contributed by atoms with Crippen LogP contribution in [-0.2, 0) is 0 Å². The van der Waals surface area contributed by atoms with Gasteiger partial charge in [-0.2, -0.15) is 5.26 Å². The highest BCUT2D eigenvalue weighted by Crippen LogP contribution is 2.37. The number of benzene rings is 2. The third kappa shape index (κ3) is 2.99. The van der Waals surface area contributed by atoms with Crippen molar-refractivity contribution in [2.45, 2.75) is 18.9 Å². The van der Waals surface area contributed by atoms with E-state index in [1.807, 2.05) is 24.3 Å². The van der Waals surface area contributed by atoms with Gasteiger partial charge in [0.2, 0.25) is 6.79 Å². The molecule has 1 aromatic heterocycles. The second-order valence-electron chi connectivity index (χ2n) is 7.00. The fourth-order valence-corrected chi connectivity index (χ4v) is 3.93. The molecule has 0 radical (unpaired) electrons. The van der Waals surface area contributed by atoms with Crippen LogP contribution in [0.5, 0.6) is 11.5 Å². The number of likely N-dealkylation sites (tertiary alicyclic amines) is 1. The average molecular weight is 387 g/mol. The molecule has 1 unspecified atom stereocenters. The van der Waals surface area contributed by atoms with E-state index in [1.165, 1.54) is 0 Å². The Morgan fingerprint density at radius 1 is 1.14 bits per heavy atom. The number of hydrogen-bond donors (Lipinski definition) is 0. The smallest absolute Gasteiger partial charge is 0.276 e. The zero-order valence-corrected chi connectivity index (χ0v) is 15.5. The summed E-state index contributed by atoms with van der Waals surface area (Å²) in [6, 6.07) is 16.6. The van der Waals surface area contributed by atoms with Crippen molar-refractivity contribution in [3.8, 4) is 28.9 Å². The monoisotopic (exact) mass is 387 g/mol. The normalized spacial score (nSPS) is 17.3. The molecule has 0 spiro atoms. The van der Waals surface area contributed by atoms with E-state index in [4.69, 9.17) is 14.0 Å². The number of nitrogens with zero attached hydrogens (tertiary/aromatic N) is 3. The summed E-state index contributed by atoms with van der Waals surface area (Å²) in [5.41, 5.74) is 2.48. The molecule has 3 aromatic rings. The zero-order chi connectivity index (χ0) is 19.8. The first-order valence-corrected chi connectivity index (χ1v) is 9.41. The predicted octanol–water partition coefficient (Wildman–Crippen LogP) is 3.92. The summed E-state index contributed by atoms with van der Waals surface area (Å²) in [5.74, 6) is 1.61. The first kappa shape index (κ1) is 17.3. The van der Waals surface area contributed by atoms with Crippen molar-refractivity contribution in [1.29, 1.82) is 5.26 Å². The molecule has 5 rings (SSSR count). The third-order valence-electron chi connectivity index (χ3n) is 5.34. The third-order valence-corrected chi connectivity index (χ3v) is 5.34. The average Bonchev–Trinajstić information content (AvgIpc) is 3.52. The summed E-state index contributed by atoms with van der Waals surface area (Å²) in [6.45, 7) is 0.814. The number of fused-ring (bicyclic) bond motifs is 1. The molecule has 2 aromatic carbocycles. The minimum Gasteiger partial charge on any atom is -0.454 e. The quantitative estimate of drug-likeness (QED) is 0.677. The van der Waals surface area contributed by atoms with Crippen molar-refractivity contribution in [1.82, 2.24) is 10.1 Å². The SMILES string of the molecule is N#Cc1ccccc1C1CCCN1C(=O)c1cc(-c2ccc3c(c2)OCO3)on1. The lowest BCUT2D eigenvalue weighted by Crippen LogP contribution is -2.31. The lowest BCUT2D eigenvalue weighted by molar-refractivity contribution is 0.0725. The molecule has 7 nitrogen and oxygen atoms in total. The summed E-state index contributed by atoms with van der Waals surface area (Å²) < 4.78 is 16.1. The topological polar surface area (TPSA) is 88.6 Å². The highest BCUT2D eigenvalue weighted by Gasteiger charge is 2.33. The summed E-state index contributed by atoms with van der Waals surface area (Å²) in [6.07, 6.45) is 1.69. The lowest BCUT2D eigenvalue weighted by Gasteiger charge is -2.24. The minimum absolute atomic E-state index is 0.135. The van der Waals surface area contributed by atoms with E-state index in [9.17, 15) is 10.1 Å². The predicted molar refractivity (Wildman–Crippen MR) is 102 cm³/mol. The Morgan fingerprint density at radius 2 is 2.00 bits per heavy atom. The minimum atomic E-state index is -0.198. The van der Waals surface area contributed by atoms with Crippen LogP contribution in [0.3, 0.4) is 0 Å². The molecular weight excluding hydrogens is 370 g/mol. The van der Waals surface area contributed by atoms with E-state index in [0.717, 1.165) is 24.0 Å². The van der Waals surface area contributed by atoms with Gasteiger partial charge in [-0.05, 0) is 42.7 Å². The Labute approximate surface area is 167 Å². The second-order valence-corrected chi connectivity index (χ2v) is 7.00. The molecular formula is C22H17N3O4. The van der Waals surface area contributed by atoms with Crippen LogP contribution in [0, 0.1) is 11.3 Å². The summed E-state index contributed by atoms with van der Waals surface area (Å²) in [4.78, 5) is 14.9. The molecule has 0 saturated carbocycles. The highest BCUT2D eigenvalue weighted by molar-refractivity contribution is 5.93. The van der Waals surface area contributed by atoms with Crippen LogP contribution in [0.1, 0.15) is 40.5 Å². The number of carbonyl (C=O) groups is 1. The number of amides is 1. The molecule has 2 aliphatic rings. The first-order valence-electron chi connectivity index (χ1n) is 9.41. The van der Waals surface area contributed by atoms with Crippen LogP contribution >= 0.6 is 0 Å². The highest BCUT2D eigenvalue weighted by atomic mass is 16.7. The maximum atomic E-state index is 13.1. The van der Waals surface area contributed by atoms with Gasteiger partial charge in [0.1, 0.15) is 0 Å². The van der Waals surface area contributed by atoms with Crippen LogP contribution in [-0.4, -0.2) is 29.3 Å². The van der Waals surface area contributed by atoms with Crippen molar-refractivity contribution in [2.24, 2.45) is 0 Å². The van der Waals surface area contributed by atoms with Gasteiger partial charge in [0.05, 0.1) is 17.7 Å². The van der Waals surface area contributed by atoms with Gasteiger partial charge in [-0.1, -0.05) is 23.4 Å². The Morgan fingerprint density at radius 3 is 2.90 bits per heavy atom. The number of hydrogen-bond acceptors (Lipinski definition) is 6. The number of aromatic nitrogens is 1. The van der Waals surface area contributed by atoms with Gasteiger partial charge >= 0.3 is 0 Å². The Kier molecular flexibility index (Phi) is 4.17. The molecule has 144 valence electrons. The molecule has 1 saturated heterocycles. The van der Waals surface area contributed by atoms with Gasteiger partial charge in [-0.15, -0.1) is 0 Å². The van der Waals surface area contributed by atoms with Crippen LogP contribution in [0.4, 0.5) is 0 Å². The van der Waals surface area contributed by atoms with Gasteiger partial charge in [-0.25, -0.2) is 0 Å². The van der Waals surface area contributed by atoms with Gasteiger partial charge in [0.15, 0.2) is 23.0 Å². The molecule has 1 atom stereocenters. The second kappa shape index (κ2) is 6.99. The van der Waals surface area contributed by atoms with Gasteiger partial charge in [0, 0.05) is 18.2 Å². The molecule has 1 fully saturated rings. The fraction of sp³-hybridized carbons (Fsp3) is 0.227. The first-order chi connectivity index (χ1) is 14.2. The largest absolute Gasteiger partial charge is 0.454 e. The van der Waals surface area contributed by atoms with Crippen molar-refractivity contribution < 1.29 is 18.8 Å². The molecule has 1 amide bonds. The summed E-state index contributed by atoms with van der Waals surface area (Å²) in [5, 5.41) is 13.4. The number of ether oxygens (including phenoxy) is 2. The molecule has 7 heteroatoms. The maximum absolute atomic E-state index is 13.1. The van der Waals surface area contributed by atoms with Crippen LogP contribution in [0.25, 0.3) is 11.3 Å². The van der Waals surface area contributed by atoms with E-state index >= 15 is 0 Å². The van der Waals surface area contributed by atoms with Crippen molar-refractivity contribution in [3.05, 3.63) is 65.4 Å². The molecule has 0 N–H and O–H groups in total. The van der Waals surface area contributed by atoms with Crippen LogP contribution in [0.15, 0.2) is 53.1 Å². The van der Waals surface area contributed by atoms with Crippen molar-refractivity contribution >= 4 is 5.91 Å². The fourth-order valence-electron chi connectivity index (χ4n) is 3.93. The van der Waals surface area contributed by atoms with Gasteiger partial charge in [-0.3, -0.25) is 4.79 Å². The molecule has 0 bridgehead atoms. The Balaban J connectivity index is 1.42. The maximum Gasteiger partial charge on any atom is 0.276 e. The standard InChI is InChI=1S/C22H17N3O4/c23-12-15-4-1-2-5-16(15)18-6-3-9-25(18)22(26)17-11-20(29-24-17)14-7-8-19-21(10-14)28-13-27-19/h1-2,4-5,7-8,10-11,18H,3,6,9,13H2. The van der Waals surface area contributed by atoms with E-state index in [1.54, 1.807) is 29.2 Å². The van der Waals surface area contributed by atoms with Gasteiger partial charge < -0.3 is 18.9 Å². The van der Waals surface area contributed by atoms with Crippen LogP contribution in [0.2, 0.25) is 0 Å². The Bertz CT molecular complexity index is 1130. The zero-order valence-electron chi connectivity index (χ0n) is 15.5. The Hall–Kier alpha value is -3.79. The summed E-state index contributed by atoms with van der Waals surface area (Å²) >= 11 is 0. The van der Waals surface area contributed by atoms with Crippen LogP contribution < -0.4 is 9.47 Å². The van der Waals surface area contributed by atoms with Crippen molar-refractivity contribution in [3.63, 3.8) is 0 Å². The molecule has 0 aliphatic carbocycles.